The van der Waals surface area contributed by atoms with Gasteiger partial charge < -0.3 is 15.7 Å². The minimum Gasteiger partial charge on any atom is -0.400 e. The number of aromatic nitrogens is 2. The molecule has 3 N–H and O–H groups in total. The maximum absolute atomic E-state index is 12.9. The van der Waals surface area contributed by atoms with E-state index in [1.54, 1.807) is 24.3 Å². The first-order chi connectivity index (χ1) is 15.1. The van der Waals surface area contributed by atoms with Gasteiger partial charge in [-0.1, -0.05) is 29.8 Å². The molecule has 1 aromatic carbocycles. The van der Waals surface area contributed by atoms with Crippen LogP contribution in [0.1, 0.15) is 11.5 Å². The van der Waals surface area contributed by atoms with E-state index in [2.05, 4.69) is 9.50 Å². The first-order valence-electron chi connectivity index (χ1n) is 9.35. The number of rotatable bonds is 8. The van der Waals surface area contributed by atoms with Crippen LogP contribution >= 0.6 is 11.6 Å². The summed E-state index contributed by atoms with van der Waals surface area (Å²) in [4.78, 5) is 13.9. The van der Waals surface area contributed by atoms with Gasteiger partial charge in [-0.3, -0.25) is 9.48 Å². The van der Waals surface area contributed by atoms with Crippen molar-refractivity contribution in [1.82, 2.24) is 14.7 Å². The molecule has 0 bridgehead atoms. The predicted molar refractivity (Wildman–Crippen MR) is 113 cm³/mol. The highest BCUT2D eigenvalue weighted by Gasteiger charge is 2.31. The third-order valence-corrected chi connectivity index (χ3v) is 6.32. The van der Waals surface area contributed by atoms with E-state index in [-0.39, 0.29) is 23.7 Å². The molecule has 0 saturated carbocycles. The molecule has 1 aliphatic rings. The molecule has 0 fully saturated rings. The fourth-order valence-electron chi connectivity index (χ4n) is 3.15. The molecule has 2 heterocycles. The number of halogens is 3. The molecule has 0 radical (unpaired) electrons. The Morgan fingerprint density at radius 2 is 2.06 bits per heavy atom. The number of hydrogen-bond donors (Lipinski definition) is 2. The van der Waals surface area contributed by atoms with Gasteiger partial charge >= 0.3 is 0 Å². The van der Waals surface area contributed by atoms with Gasteiger partial charge in [-0.2, -0.15) is 17.9 Å². The molecule has 1 atom stereocenters. The molecule has 9 nitrogen and oxygen atoms in total. The Morgan fingerprint density at radius 3 is 2.72 bits per heavy atom. The number of aliphatic hydroxyl groups is 1. The summed E-state index contributed by atoms with van der Waals surface area (Å²) in [6.45, 7) is -1.21. The largest absolute Gasteiger partial charge is 0.400 e. The van der Waals surface area contributed by atoms with Gasteiger partial charge in [0.2, 0.25) is 5.91 Å². The van der Waals surface area contributed by atoms with Crippen LogP contribution in [0.3, 0.4) is 0 Å². The maximum Gasteiger partial charge on any atom is 0.285 e. The Bertz CT molecular complexity index is 1170. The van der Waals surface area contributed by atoms with Gasteiger partial charge in [0, 0.05) is 35.2 Å². The summed E-state index contributed by atoms with van der Waals surface area (Å²) in [5.74, 6) is -1.33. The SMILES string of the molecule is NC1=C(C=NS(=O)(=O)c2cnn(CC(F)F)c2)CN(C(=O)[C@H](CO)c2ccccc2Cl)C1. The maximum atomic E-state index is 12.9. The van der Waals surface area contributed by atoms with Crippen molar-refractivity contribution in [3.63, 3.8) is 0 Å². The van der Waals surface area contributed by atoms with E-state index in [1.165, 1.54) is 4.90 Å². The number of carbonyl (C=O) groups is 1. The second kappa shape index (κ2) is 9.76. The lowest BCUT2D eigenvalue weighted by Crippen LogP contribution is -2.36. The van der Waals surface area contributed by atoms with Crippen LogP contribution in [0.5, 0.6) is 0 Å². The Labute approximate surface area is 187 Å². The quantitative estimate of drug-likeness (QED) is 0.541. The van der Waals surface area contributed by atoms with Gasteiger partial charge in [-0.25, -0.2) is 8.78 Å². The average molecular weight is 488 g/mol. The van der Waals surface area contributed by atoms with Gasteiger partial charge in [0.25, 0.3) is 16.4 Å². The molecule has 13 heteroatoms. The first-order valence-corrected chi connectivity index (χ1v) is 11.2. The van der Waals surface area contributed by atoms with Crippen LogP contribution in [0, 0.1) is 0 Å². The molecule has 1 aliphatic heterocycles. The molecule has 32 heavy (non-hydrogen) atoms. The number of alkyl halides is 2. The van der Waals surface area contributed by atoms with Crippen LogP contribution in [-0.2, 0) is 21.4 Å². The summed E-state index contributed by atoms with van der Waals surface area (Å²) in [6.07, 6.45) is 0.212. The second-order valence-corrected chi connectivity index (χ2v) is 9.04. The lowest BCUT2D eigenvalue weighted by atomic mass is 9.98. The highest BCUT2D eigenvalue weighted by atomic mass is 35.5. The fraction of sp³-hybridized carbons (Fsp3) is 0.316. The zero-order valence-corrected chi connectivity index (χ0v) is 18.2. The molecule has 2 aromatic rings. The molecule has 1 amide bonds. The lowest BCUT2D eigenvalue weighted by Gasteiger charge is -2.23. The molecule has 1 aromatic heterocycles. The lowest BCUT2D eigenvalue weighted by molar-refractivity contribution is -0.132. The van der Waals surface area contributed by atoms with Crippen molar-refractivity contribution in [3.8, 4) is 0 Å². The van der Waals surface area contributed by atoms with Crippen molar-refractivity contribution in [2.24, 2.45) is 10.1 Å². The van der Waals surface area contributed by atoms with E-state index in [9.17, 15) is 27.1 Å². The summed E-state index contributed by atoms with van der Waals surface area (Å²) in [6, 6.07) is 6.64. The molecule has 3 rings (SSSR count). The summed E-state index contributed by atoms with van der Waals surface area (Å²) >= 11 is 6.14. The molecule has 0 saturated heterocycles. The van der Waals surface area contributed by atoms with Crippen LogP contribution in [0.25, 0.3) is 0 Å². The molecule has 0 aliphatic carbocycles. The van der Waals surface area contributed by atoms with E-state index in [0.29, 0.717) is 16.2 Å². The highest BCUT2D eigenvalue weighted by molar-refractivity contribution is 7.90. The molecular formula is C19H20ClF2N5O4S. The molecule has 0 unspecified atom stereocenters. The summed E-state index contributed by atoms with van der Waals surface area (Å²) in [7, 11) is -4.20. The minimum absolute atomic E-state index is 0.0186. The number of sulfonamides is 1. The Balaban J connectivity index is 1.72. The van der Waals surface area contributed by atoms with Crippen LogP contribution in [-0.4, -0.2) is 66.4 Å². The van der Waals surface area contributed by atoms with Crippen molar-refractivity contribution in [1.29, 1.82) is 0 Å². The number of carbonyl (C=O) groups excluding carboxylic acids is 1. The zero-order valence-electron chi connectivity index (χ0n) is 16.6. The monoisotopic (exact) mass is 487 g/mol. The summed E-state index contributed by atoms with van der Waals surface area (Å²) < 4.78 is 53.9. The second-order valence-electron chi connectivity index (χ2n) is 7.00. The predicted octanol–water partition coefficient (Wildman–Crippen LogP) is 1.39. The van der Waals surface area contributed by atoms with E-state index in [0.717, 1.165) is 23.3 Å². The van der Waals surface area contributed by atoms with Crippen molar-refractivity contribution in [2.45, 2.75) is 23.8 Å². The number of nitrogens with zero attached hydrogens (tertiary/aromatic N) is 4. The van der Waals surface area contributed by atoms with Crippen molar-refractivity contribution >= 4 is 33.7 Å². The Hall–Kier alpha value is -2.83. The highest BCUT2D eigenvalue weighted by Crippen LogP contribution is 2.27. The van der Waals surface area contributed by atoms with Crippen LogP contribution in [0.2, 0.25) is 5.02 Å². The van der Waals surface area contributed by atoms with Crippen LogP contribution < -0.4 is 5.73 Å². The van der Waals surface area contributed by atoms with Gasteiger partial charge in [0.15, 0.2) is 0 Å². The minimum atomic E-state index is -4.20. The van der Waals surface area contributed by atoms with E-state index >= 15 is 0 Å². The summed E-state index contributed by atoms with van der Waals surface area (Å²) in [5.41, 5.74) is 6.96. The van der Waals surface area contributed by atoms with Crippen molar-refractivity contribution < 1.29 is 27.1 Å². The fourth-order valence-corrected chi connectivity index (χ4v) is 4.24. The van der Waals surface area contributed by atoms with Gasteiger partial charge in [0.1, 0.15) is 11.4 Å². The van der Waals surface area contributed by atoms with Gasteiger partial charge in [-0.05, 0) is 11.6 Å². The van der Waals surface area contributed by atoms with E-state index in [4.69, 9.17) is 17.3 Å². The van der Waals surface area contributed by atoms with Crippen molar-refractivity contribution in [3.05, 3.63) is 58.5 Å². The van der Waals surface area contributed by atoms with Crippen molar-refractivity contribution in [2.75, 3.05) is 19.7 Å². The average Bonchev–Trinajstić information content (AvgIpc) is 3.35. The first kappa shape index (κ1) is 23.8. The molecule has 0 spiro atoms. The smallest absolute Gasteiger partial charge is 0.285 e. The van der Waals surface area contributed by atoms with Crippen LogP contribution in [0.4, 0.5) is 8.78 Å². The molecule has 172 valence electrons. The topological polar surface area (TPSA) is 131 Å². The number of nitrogens with two attached hydrogens (primary N) is 1. The number of benzene rings is 1. The number of amides is 1. The van der Waals surface area contributed by atoms with Crippen LogP contribution in [0.15, 0.2) is 57.2 Å². The normalized spacial score (nSPS) is 15.8. The molecular weight excluding hydrogens is 468 g/mol. The van der Waals surface area contributed by atoms with E-state index in [1.807, 2.05) is 0 Å². The number of aliphatic hydroxyl groups excluding tert-OH is 1. The van der Waals surface area contributed by atoms with E-state index < -0.39 is 41.4 Å². The third-order valence-electron chi connectivity index (χ3n) is 4.79. The Kier molecular flexibility index (Phi) is 7.26. The third kappa shape index (κ3) is 5.31. The van der Waals surface area contributed by atoms with Gasteiger partial charge in [-0.15, -0.1) is 0 Å². The standard InChI is InChI=1S/C19H20ClF2N5O4S/c20-16-4-2-1-3-14(16)15(11-28)19(29)26-7-12(17(23)9-26)5-25-32(30,31)13-6-24-27(8-13)10-18(21)22/h1-6,8,15,18,28H,7,9-11,23H2/t15-/m1/s1. The van der Waals surface area contributed by atoms with Gasteiger partial charge in [0.05, 0.1) is 25.3 Å². The zero-order chi connectivity index (χ0) is 23.5. The Morgan fingerprint density at radius 1 is 1.34 bits per heavy atom. The number of hydrogen-bond acceptors (Lipinski definition) is 6. The summed E-state index contributed by atoms with van der Waals surface area (Å²) in [5, 5.41) is 13.7.